The summed E-state index contributed by atoms with van der Waals surface area (Å²) in [6, 6.07) is 0.362. The van der Waals surface area contributed by atoms with Gasteiger partial charge < -0.3 is 0 Å². The molecule has 2 heterocycles. The quantitative estimate of drug-likeness (QED) is 0.851. The summed E-state index contributed by atoms with van der Waals surface area (Å²) in [5, 5.41) is 6.99. The number of hydrogen-bond donors (Lipinski definition) is 1. The van der Waals surface area contributed by atoms with Gasteiger partial charge in [-0.1, -0.05) is 0 Å². The number of nitrogens with one attached hydrogen (secondary N) is 1. The van der Waals surface area contributed by atoms with E-state index in [-0.39, 0.29) is 0 Å². The van der Waals surface area contributed by atoms with Gasteiger partial charge in [-0.3, -0.25) is 20.0 Å². The van der Waals surface area contributed by atoms with Crippen molar-refractivity contribution in [1.29, 1.82) is 0 Å². The molecule has 0 saturated carbocycles. The average Bonchev–Trinajstić information content (AvgIpc) is 2.76. The number of likely N-dealkylation sites (N-methyl/N-ethyl adjacent to an activating group) is 1. The summed E-state index contributed by atoms with van der Waals surface area (Å²) in [6.07, 6.45) is 6.09. The highest BCUT2D eigenvalue weighted by atomic mass is 15.2. The summed E-state index contributed by atoms with van der Waals surface area (Å²) >= 11 is 0. The molecule has 1 atom stereocenters. The molecule has 2 rings (SSSR count). The molecule has 0 fully saturated rings. The van der Waals surface area contributed by atoms with Gasteiger partial charge in [0.15, 0.2) is 5.82 Å². The van der Waals surface area contributed by atoms with E-state index in [4.69, 9.17) is 0 Å². The smallest absolute Gasteiger partial charge is 0.164 e. The Balaban J connectivity index is 1.90. The van der Waals surface area contributed by atoms with Crippen molar-refractivity contribution in [2.45, 2.75) is 32.9 Å². The van der Waals surface area contributed by atoms with Gasteiger partial charge in [-0.05, 0) is 20.9 Å². The Bertz CT molecular complexity index is 480. The van der Waals surface area contributed by atoms with Crippen molar-refractivity contribution >= 4 is 0 Å². The lowest BCUT2D eigenvalue weighted by molar-refractivity contribution is 0.241. The first-order valence-corrected chi connectivity index (χ1v) is 5.98. The molecule has 0 aliphatic carbocycles. The van der Waals surface area contributed by atoms with Crippen LogP contribution in [0.5, 0.6) is 0 Å². The molecule has 1 N–H and O–H groups in total. The first-order chi connectivity index (χ1) is 8.65. The first kappa shape index (κ1) is 12.6. The van der Waals surface area contributed by atoms with E-state index in [0.717, 1.165) is 30.3 Å². The van der Waals surface area contributed by atoms with Gasteiger partial charge in [0.25, 0.3) is 0 Å². The van der Waals surface area contributed by atoms with E-state index in [1.165, 1.54) is 0 Å². The Labute approximate surface area is 106 Å². The number of hydrogen-bond acceptors (Lipinski definition) is 5. The summed E-state index contributed by atoms with van der Waals surface area (Å²) in [7, 11) is 2.06. The van der Waals surface area contributed by atoms with Crippen molar-refractivity contribution < 1.29 is 0 Å². The second kappa shape index (κ2) is 5.68. The fraction of sp³-hybridized carbons (Fsp3) is 0.500. The van der Waals surface area contributed by atoms with Crippen molar-refractivity contribution in [3.8, 4) is 0 Å². The van der Waals surface area contributed by atoms with Crippen LogP contribution < -0.4 is 0 Å². The molecule has 2 aromatic rings. The van der Waals surface area contributed by atoms with E-state index in [0.29, 0.717) is 6.04 Å². The van der Waals surface area contributed by atoms with Gasteiger partial charge in [0.2, 0.25) is 0 Å². The molecule has 0 bridgehead atoms. The van der Waals surface area contributed by atoms with Crippen LogP contribution in [0.3, 0.4) is 0 Å². The Morgan fingerprint density at radius 2 is 2.22 bits per heavy atom. The Hall–Kier alpha value is -1.82. The molecular weight excluding hydrogens is 228 g/mol. The zero-order valence-electron chi connectivity index (χ0n) is 11.0. The molecule has 0 spiro atoms. The Morgan fingerprint density at radius 3 is 2.83 bits per heavy atom. The summed E-state index contributed by atoms with van der Waals surface area (Å²) in [5.74, 6) is 1.67. The van der Waals surface area contributed by atoms with Crippen LogP contribution in [-0.2, 0) is 13.0 Å². The minimum Gasteiger partial charge on any atom is -0.296 e. The highest BCUT2D eigenvalue weighted by Gasteiger charge is 2.13. The summed E-state index contributed by atoms with van der Waals surface area (Å²) < 4.78 is 0. The van der Waals surface area contributed by atoms with Crippen molar-refractivity contribution in [3.63, 3.8) is 0 Å². The standard InChI is InChI=1S/C12H18N6/c1-9(6-11-7-13-4-5-14-11)18(3)8-12-15-10(2)16-17-12/h4-5,7,9H,6,8H2,1-3H3,(H,15,16,17)/t9-/m0/s1. The van der Waals surface area contributed by atoms with E-state index in [1.807, 2.05) is 6.92 Å². The molecule has 0 aliphatic heterocycles. The first-order valence-electron chi connectivity index (χ1n) is 5.98. The lowest BCUT2D eigenvalue weighted by atomic mass is 10.1. The van der Waals surface area contributed by atoms with E-state index >= 15 is 0 Å². The van der Waals surface area contributed by atoms with Gasteiger partial charge in [0.05, 0.1) is 12.2 Å². The summed E-state index contributed by atoms with van der Waals surface area (Å²) in [6.45, 7) is 4.79. The van der Waals surface area contributed by atoms with Crippen LogP contribution in [0.15, 0.2) is 18.6 Å². The maximum Gasteiger partial charge on any atom is 0.164 e. The summed E-state index contributed by atoms with van der Waals surface area (Å²) in [5.41, 5.74) is 1.00. The fourth-order valence-corrected chi connectivity index (χ4v) is 1.73. The maximum atomic E-state index is 4.30. The molecule has 0 radical (unpaired) electrons. The van der Waals surface area contributed by atoms with Crippen molar-refractivity contribution in [2.75, 3.05) is 7.05 Å². The molecule has 96 valence electrons. The lowest BCUT2D eigenvalue weighted by Crippen LogP contribution is -2.31. The second-order valence-electron chi connectivity index (χ2n) is 4.50. The van der Waals surface area contributed by atoms with E-state index < -0.39 is 0 Å². The van der Waals surface area contributed by atoms with Crippen LogP contribution in [0.2, 0.25) is 0 Å². The van der Waals surface area contributed by atoms with E-state index in [1.54, 1.807) is 18.6 Å². The predicted octanol–water partition coefficient (Wildman–Crippen LogP) is 0.966. The van der Waals surface area contributed by atoms with Gasteiger partial charge in [-0.25, -0.2) is 4.98 Å². The normalized spacial score (nSPS) is 12.9. The molecular formula is C12H18N6. The lowest BCUT2D eigenvalue weighted by Gasteiger charge is -2.22. The van der Waals surface area contributed by atoms with Crippen molar-refractivity contribution in [1.82, 2.24) is 30.0 Å². The van der Waals surface area contributed by atoms with Crippen LogP contribution in [0.25, 0.3) is 0 Å². The van der Waals surface area contributed by atoms with Crippen LogP contribution >= 0.6 is 0 Å². The van der Waals surface area contributed by atoms with Gasteiger partial charge in [0.1, 0.15) is 5.82 Å². The maximum absolute atomic E-state index is 4.30. The highest BCUT2D eigenvalue weighted by molar-refractivity contribution is 4.97. The van der Waals surface area contributed by atoms with E-state index in [2.05, 4.69) is 44.0 Å². The minimum absolute atomic E-state index is 0.362. The van der Waals surface area contributed by atoms with Crippen molar-refractivity contribution in [3.05, 3.63) is 35.9 Å². The number of aryl methyl sites for hydroxylation is 1. The average molecular weight is 246 g/mol. The Kier molecular flexibility index (Phi) is 3.99. The third kappa shape index (κ3) is 3.33. The van der Waals surface area contributed by atoms with Crippen LogP contribution in [-0.4, -0.2) is 43.1 Å². The Morgan fingerprint density at radius 1 is 1.39 bits per heavy atom. The highest BCUT2D eigenvalue weighted by Crippen LogP contribution is 2.06. The van der Waals surface area contributed by atoms with E-state index in [9.17, 15) is 0 Å². The molecule has 0 aromatic carbocycles. The fourth-order valence-electron chi connectivity index (χ4n) is 1.73. The third-order valence-corrected chi connectivity index (χ3v) is 2.91. The largest absolute Gasteiger partial charge is 0.296 e. The molecule has 0 unspecified atom stereocenters. The zero-order chi connectivity index (χ0) is 13.0. The van der Waals surface area contributed by atoms with Gasteiger partial charge >= 0.3 is 0 Å². The molecule has 6 heteroatoms. The van der Waals surface area contributed by atoms with Crippen LogP contribution in [0.4, 0.5) is 0 Å². The molecule has 2 aromatic heterocycles. The molecule has 0 saturated heterocycles. The number of H-pyrrole nitrogens is 1. The van der Waals surface area contributed by atoms with Gasteiger partial charge in [0, 0.05) is 31.1 Å². The zero-order valence-corrected chi connectivity index (χ0v) is 11.0. The number of aromatic nitrogens is 5. The molecule has 0 aliphatic rings. The monoisotopic (exact) mass is 246 g/mol. The second-order valence-corrected chi connectivity index (χ2v) is 4.50. The van der Waals surface area contributed by atoms with Crippen molar-refractivity contribution in [2.24, 2.45) is 0 Å². The SMILES string of the molecule is Cc1nc(CN(C)[C@@H](C)Cc2cnccn2)n[nH]1. The minimum atomic E-state index is 0.362. The molecule has 6 nitrogen and oxygen atoms in total. The number of nitrogens with zero attached hydrogens (tertiary/aromatic N) is 5. The molecule has 0 amide bonds. The topological polar surface area (TPSA) is 70.6 Å². The summed E-state index contributed by atoms with van der Waals surface area (Å²) in [4.78, 5) is 14.9. The van der Waals surface area contributed by atoms with Gasteiger partial charge in [-0.2, -0.15) is 5.10 Å². The van der Waals surface area contributed by atoms with Crippen LogP contribution in [0.1, 0.15) is 24.3 Å². The van der Waals surface area contributed by atoms with Gasteiger partial charge in [-0.15, -0.1) is 0 Å². The number of aromatic amines is 1. The predicted molar refractivity (Wildman–Crippen MR) is 67.8 cm³/mol. The third-order valence-electron chi connectivity index (χ3n) is 2.91. The number of rotatable bonds is 5. The van der Waals surface area contributed by atoms with Crippen LogP contribution in [0, 0.1) is 6.92 Å². The molecule has 18 heavy (non-hydrogen) atoms.